The molecule has 0 aliphatic heterocycles. The summed E-state index contributed by atoms with van der Waals surface area (Å²) < 4.78 is 15.6. The number of hydrogen-bond acceptors (Lipinski definition) is 4. The second-order valence-corrected chi connectivity index (χ2v) is 5.10. The van der Waals surface area contributed by atoms with Crippen LogP contribution in [0.5, 0.6) is 0 Å². The predicted molar refractivity (Wildman–Crippen MR) is 52.0 cm³/mol. The molecule has 0 heterocycles. The highest BCUT2D eigenvalue weighted by Crippen LogP contribution is 2.11. The normalized spacial score (nSPS) is 12.9. The summed E-state index contributed by atoms with van der Waals surface area (Å²) in [6.07, 6.45) is -0.191. The quantitative estimate of drug-likeness (QED) is 0.668. The van der Waals surface area contributed by atoms with Gasteiger partial charge in [0.15, 0.2) is 0 Å². The summed E-state index contributed by atoms with van der Waals surface area (Å²) in [5.74, 6) is 0. The third-order valence-electron chi connectivity index (χ3n) is 1.10. The van der Waals surface area contributed by atoms with Crippen molar-refractivity contribution < 1.29 is 18.1 Å². The summed E-state index contributed by atoms with van der Waals surface area (Å²) in [6, 6.07) is 0. The zero-order valence-electron chi connectivity index (χ0n) is 9.03. The maximum Gasteiger partial charge on any atom is 0.677 e. The Balaban J connectivity index is 4.15. The smallest absolute Gasteiger partial charge is 0.367 e. The van der Waals surface area contributed by atoms with Crippen molar-refractivity contribution in [2.75, 3.05) is 6.61 Å². The zero-order chi connectivity index (χ0) is 10.5. The molecule has 0 aromatic rings. The summed E-state index contributed by atoms with van der Waals surface area (Å²) >= 11 is 0. The maximum absolute atomic E-state index is 9.82. The van der Waals surface area contributed by atoms with Crippen LogP contribution >= 0.6 is 0 Å². The zero-order valence-corrected chi connectivity index (χ0v) is 10.0. The molecule has 1 N–H and O–H groups in total. The van der Waals surface area contributed by atoms with Crippen molar-refractivity contribution in [1.82, 2.24) is 0 Å². The van der Waals surface area contributed by atoms with E-state index >= 15 is 0 Å². The lowest BCUT2D eigenvalue weighted by Crippen LogP contribution is -2.49. The van der Waals surface area contributed by atoms with Crippen LogP contribution < -0.4 is 0 Å². The first-order chi connectivity index (χ1) is 5.89. The van der Waals surface area contributed by atoms with E-state index in [-0.39, 0.29) is 12.2 Å². The van der Waals surface area contributed by atoms with Gasteiger partial charge in [-0.1, -0.05) is 0 Å². The van der Waals surface area contributed by atoms with E-state index in [0.29, 0.717) is 6.61 Å². The molecule has 0 unspecified atom stereocenters. The van der Waals surface area contributed by atoms with E-state index in [9.17, 15) is 4.80 Å². The molecule has 0 saturated heterocycles. The van der Waals surface area contributed by atoms with Crippen LogP contribution in [0.1, 0.15) is 34.6 Å². The summed E-state index contributed by atoms with van der Waals surface area (Å²) in [5.41, 5.74) is 0. The third-order valence-corrected chi connectivity index (χ3v) is 3.29. The van der Waals surface area contributed by atoms with Crippen molar-refractivity contribution in [1.29, 1.82) is 0 Å². The first-order valence-electron chi connectivity index (χ1n) is 4.61. The van der Waals surface area contributed by atoms with E-state index in [0.717, 1.165) is 0 Å². The van der Waals surface area contributed by atoms with Gasteiger partial charge in [0, 0.05) is 18.8 Å². The van der Waals surface area contributed by atoms with Crippen molar-refractivity contribution in [2.45, 2.75) is 46.8 Å². The molecule has 0 bridgehead atoms. The molecule has 0 amide bonds. The second-order valence-electron chi connectivity index (χ2n) is 3.29. The van der Waals surface area contributed by atoms with Gasteiger partial charge in [0.05, 0.1) is 0 Å². The predicted octanol–water partition coefficient (Wildman–Crippen LogP) is 1.30. The summed E-state index contributed by atoms with van der Waals surface area (Å²) in [5, 5.41) is 0. The van der Waals surface area contributed by atoms with Gasteiger partial charge in [-0.3, -0.25) is 0 Å². The number of rotatable bonds is 6. The van der Waals surface area contributed by atoms with Crippen molar-refractivity contribution in [3.8, 4) is 0 Å². The SMILES string of the molecule is CCO[Si](O)(OC(C)C)OC(C)C. The van der Waals surface area contributed by atoms with Crippen molar-refractivity contribution in [3.05, 3.63) is 0 Å². The lowest BCUT2D eigenvalue weighted by Gasteiger charge is -2.26. The standard InChI is InChI=1S/C8H20O4Si/c1-6-10-13(9,11-7(2)3)12-8(4)5/h7-9H,6H2,1-5H3. The third kappa shape index (κ3) is 6.17. The highest BCUT2D eigenvalue weighted by Gasteiger charge is 2.42. The van der Waals surface area contributed by atoms with Gasteiger partial charge in [0.2, 0.25) is 0 Å². The molecule has 0 spiro atoms. The summed E-state index contributed by atoms with van der Waals surface area (Å²) in [6.45, 7) is 9.52. The highest BCUT2D eigenvalue weighted by atomic mass is 28.4. The van der Waals surface area contributed by atoms with Crippen LogP contribution in [0.25, 0.3) is 0 Å². The van der Waals surface area contributed by atoms with Gasteiger partial charge < -0.3 is 18.1 Å². The monoisotopic (exact) mass is 208 g/mol. The number of hydrogen-bond donors (Lipinski definition) is 1. The topological polar surface area (TPSA) is 47.9 Å². The van der Waals surface area contributed by atoms with Gasteiger partial charge in [-0.15, -0.1) is 0 Å². The second kappa shape index (κ2) is 5.72. The Morgan fingerprint density at radius 1 is 1.08 bits per heavy atom. The maximum atomic E-state index is 9.82. The van der Waals surface area contributed by atoms with E-state index in [1.54, 1.807) is 6.92 Å². The Morgan fingerprint density at radius 2 is 1.46 bits per heavy atom. The Morgan fingerprint density at radius 3 is 1.69 bits per heavy atom. The van der Waals surface area contributed by atoms with Gasteiger partial charge in [0.25, 0.3) is 0 Å². The molecular formula is C8H20O4Si. The molecule has 0 aromatic heterocycles. The molecule has 0 radical (unpaired) electrons. The minimum Gasteiger partial charge on any atom is -0.367 e. The molecule has 0 rings (SSSR count). The minimum absolute atomic E-state index is 0.0954. The lowest BCUT2D eigenvalue weighted by molar-refractivity contribution is -0.0374. The van der Waals surface area contributed by atoms with Crippen LogP contribution in [0.2, 0.25) is 0 Å². The van der Waals surface area contributed by atoms with Crippen molar-refractivity contribution >= 4 is 9.05 Å². The van der Waals surface area contributed by atoms with Crippen LogP contribution in [0.15, 0.2) is 0 Å². The molecule has 0 aliphatic rings. The van der Waals surface area contributed by atoms with Crippen molar-refractivity contribution in [2.24, 2.45) is 0 Å². The first-order valence-corrected chi connectivity index (χ1v) is 6.28. The minimum atomic E-state index is -3.38. The van der Waals surface area contributed by atoms with Crippen LogP contribution in [0.3, 0.4) is 0 Å². The first kappa shape index (κ1) is 13.1. The van der Waals surface area contributed by atoms with Crippen molar-refractivity contribution in [3.63, 3.8) is 0 Å². The van der Waals surface area contributed by atoms with E-state index in [1.165, 1.54) is 0 Å². The molecular weight excluding hydrogens is 188 g/mol. The van der Waals surface area contributed by atoms with Crippen LogP contribution in [0, 0.1) is 0 Å². The molecule has 0 aromatic carbocycles. The average Bonchev–Trinajstić information content (AvgIpc) is 1.81. The summed E-state index contributed by atoms with van der Waals surface area (Å²) in [4.78, 5) is 9.82. The Labute approximate surface area is 81.3 Å². The van der Waals surface area contributed by atoms with Gasteiger partial charge >= 0.3 is 9.05 Å². The molecule has 0 saturated carbocycles. The molecule has 4 nitrogen and oxygen atoms in total. The van der Waals surface area contributed by atoms with Crippen LogP contribution in [0.4, 0.5) is 0 Å². The van der Waals surface area contributed by atoms with E-state index in [4.69, 9.17) is 13.3 Å². The molecule has 5 heteroatoms. The molecule has 0 aliphatic carbocycles. The average molecular weight is 208 g/mol. The Kier molecular flexibility index (Phi) is 5.74. The fraction of sp³-hybridized carbons (Fsp3) is 1.00. The largest absolute Gasteiger partial charge is 0.677 e. The van der Waals surface area contributed by atoms with Gasteiger partial charge in [-0.2, -0.15) is 0 Å². The Bertz CT molecular complexity index is 128. The summed E-state index contributed by atoms with van der Waals surface area (Å²) in [7, 11) is -3.38. The molecule has 0 atom stereocenters. The van der Waals surface area contributed by atoms with Gasteiger partial charge in [-0.05, 0) is 34.6 Å². The van der Waals surface area contributed by atoms with Crippen LogP contribution in [-0.4, -0.2) is 32.7 Å². The highest BCUT2D eigenvalue weighted by molar-refractivity contribution is 6.52. The molecule has 80 valence electrons. The fourth-order valence-electron chi connectivity index (χ4n) is 0.874. The molecule has 0 fully saturated rings. The van der Waals surface area contributed by atoms with Gasteiger partial charge in [-0.25, -0.2) is 0 Å². The van der Waals surface area contributed by atoms with E-state index in [1.807, 2.05) is 27.7 Å². The van der Waals surface area contributed by atoms with Crippen LogP contribution in [-0.2, 0) is 13.3 Å². The van der Waals surface area contributed by atoms with Gasteiger partial charge in [0.1, 0.15) is 0 Å². The Hall–Kier alpha value is 0.0569. The van der Waals surface area contributed by atoms with E-state index < -0.39 is 9.05 Å². The van der Waals surface area contributed by atoms with E-state index in [2.05, 4.69) is 0 Å². The lowest BCUT2D eigenvalue weighted by atomic mass is 10.5. The fourth-order valence-corrected chi connectivity index (χ4v) is 2.62. The molecule has 13 heavy (non-hydrogen) atoms.